The summed E-state index contributed by atoms with van der Waals surface area (Å²) in [7, 11) is 0. The number of hydrogen-bond donors (Lipinski definition) is 3. The molecular weight excluding hydrogens is 332 g/mol. The number of imidazole rings is 1. The van der Waals surface area contributed by atoms with E-state index in [0.29, 0.717) is 10.4 Å². The van der Waals surface area contributed by atoms with Crippen LogP contribution in [0.25, 0.3) is 0 Å². The SMILES string of the molecule is Cc1c(C)[n+]([O-])c(C(C(C)C)C2C(=O)NC(=O)NC2=O)n1CC(=O)O. The molecule has 2 heterocycles. The number of imide groups is 2. The Morgan fingerprint density at radius 2 is 1.76 bits per heavy atom. The lowest BCUT2D eigenvalue weighted by molar-refractivity contribution is -0.622. The number of rotatable bonds is 5. The molecule has 136 valence electrons. The number of aliphatic carboxylic acids is 1. The molecule has 10 heteroatoms. The number of nitrogens with one attached hydrogen (secondary N) is 2. The van der Waals surface area contributed by atoms with Crippen molar-refractivity contribution < 1.29 is 29.0 Å². The van der Waals surface area contributed by atoms with Gasteiger partial charge in [0.05, 0.1) is 5.92 Å². The molecule has 3 N–H and O–H groups in total. The lowest BCUT2D eigenvalue weighted by atomic mass is 9.80. The van der Waals surface area contributed by atoms with Crippen LogP contribution in [0.5, 0.6) is 0 Å². The second-order valence-electron chi connectivity index (χ2n) is 6.36. The van der Waals surface area contributed by atoms with E-state index >= 15 is 0 Å². The maximum absolute atomic E-state index is 12.6. The number of amides is 4. The Labute approximate surface area is 143 Å². The van der Waals surface area contributed by atoms with Crippen LogP contribution in [0.15, 0.2) is 0 Å². The van der Waals surface area contributed by atoms with E-state index in [-0.39, 0.29) is 17.4 Å². The van der Waals surface area contributed by atoms with E-state index in [9.17, 15) is 24.4 Å². The third-order valence-corrected chi connectivity index (χ3v) is 4.43. The summed E-state index contributed by atoms with van der Waals surface area (Å²) < 4.78 is 1.85. The molecule has 2 rings (SSSR count). The molecule has 1 aliphatic rings. The van der Waals surface area contributed by atoms with Gasteiger partial charge in [-0.25, -0.2) is 18.9 Å². The molecule has 1 saturated heterocycles. The minimum atomic E-state index is -1.32. The topological polar surface area (TPSA) is 144 Å². The summed E-state index contributed by atoms with van der Waals surface area (Å²) in [5.41, 5.74) is 0.723. The molecule has 4 amide bonds. The highest BCUT2D eigenvalue weighted by Gasteiger charge is 2.47. The Morgan fingerprint density at radius 1 is 1.24 bits per heavy atom. The van der Waals surface area contributed by atoms with Gasteiger partial charge < -0.3 is 10.3 Å². The van der Waals surface area contributed by atoms with E-state index in [0.717, 1.165) is 0 Å². The molecule has 1 fully saturated rings. The average molecular weight is 352 g/mol. The second-order valence-corrected chi connectivity index (χ2v) is 6.36. The van der Waals surface area contributed by atoms with Crippen LogP contribution in [0.1, 0.15) is 37.0 Å². The third-order valence-electron chi connectivity index (χ3n) is 4.43. The van der Waals surface area contributed by atoms with Crippen molar-refractivity contribution in [3.8, 4) is 0 Å². The van der Waals surface area contributed by atoms with Gasteiger partial charge in [-0.15, -0.1) is 0 Å². The van der Waals surface area contributed by atoms with Crippen LogP contribution < -0.4 is 15.4 Å². The third kappa shape index (κ3) is 3.19. The number of carboxylic acids is 1. The Balaban J connectivity index is 2.64. The van der Waals surface area contributed by atoms with E-state index in [1.54, 1.807) is 20.8 Å². The van der Waals surface area contributed by atoms with Crippen molar-refractivity contribution >= 4 is 23.8 Å². The van der Waals surface area contributed by atoms with Crippen LogP contribution in [-0.2, 0) is 20.9 Å². The highest BCUT2D eigenvalue weighted by atomic mass is 16.5. The van der Waals surface area contributed by atoms with Gasteiger partial charge >= 0.3 is 12.0 Å². The summed E-state index contributed by atoms with van der Waals surface area (Å²) in [5, 5.41) is 25.8. The fraction of sp³-hybridized carbons (Fsp3) is 0.533. The quantitative estimate of drug-likeness (QED) is 0.372. The highest BCUT2D eigenvalue weighted by Crippen LogP contribution is 2.33. The fourth-order valence-corrected chi connectivity index (χ4v) is 3.13. The smallest absolute Gasteiger partial charge is 0.346 e. The van der Waals surface area contributed by atoms with Crippen molar-refractivity contribution in [1.29, 1.82) is 0 Å². The molecule has 1 atom stereocenters. The van der Waals surface area contributed by atoms with Crippen LogP contribution in [-0.4, -0.2) is 33.5 Å². The summed E-state index contributed by atoms with van der Waals surface area (Å²) in [5.74, 6) is -5.35. The molecule has 1 aromatic rings. The van der Waals surface area contributed by atoms with E-state index in [4.69, 9.17) is 5.11 Å². The fourth-order valence-electron chi connectivity index (χ4n) is 3.13. The van der Waals surface area contributed by atoms with E-state index in [1.807, 2.05) is 10.6 Å². The molecular formula is C15H20N4O6. The number of carbonyl (C=O) groups excluding carboxylic acids is 3. The largest absolute Gasteiger partial charge is 0.711 e. The summed E-state index contributed by atoms with van der Waals surface area (Å²) in [6.45, 7) is 6.08. The summed E-state index contributed by atoms with van der Waals surface area (Å²) >= 11 is 0. The number of nitrogens with zero attached hydrogens (tertiary/aromatic N) is 2. The Morgan fingerprint density at radius 3 is 2.20 bits per heavy atom. The minimum absolute atomic E-state index is 0.0112. The molecule has 0 bridgehead atoms. The van der Waals surface area contributed by atoms with Crippen LogP contribution >= 0.6 is 0 Å². The zero-order chi connectivity index (χ0) is 19.0. The zero-order valence-electron chi connectivity index (χ0n) is 14.3. The normalized spacial score (nSPS) is 16.8. The first-order valence-electron chi connectivity index (χ1n) is 7.72. The highest BCUT2D eigenvalue weighted by molar-refractivity contribution is 6.16. The Bertz CT molecular complexity index is 747. The first-order chi connectivity index (χ1) is 11.6. The molecule has 0 spiro atoms. The van der Waals surface area contributed by atoms with Gasteiger partial charge in [0.1, 0.15) is 17.3 Å². The lowest BCUT2D eigenvalue weighted by Crippen LogP contribution is -2.58. The Kier molecular flexibility index (Phi) is 4.82. The molecule has 0 aliphatic carbocycles. The number of carbonyl (C=O) groups is 4. The van der Waals surface area contributed by atoms with Crippen molar-refractivity contribution in [1.82, 2.24) is 15.2 Å². The standard InChI is InChI=1S/C15H20N4O6/c1-6(2)10(11-12(22)16-15(24)17-13(11)23)14-18(5-9(20)21)7(3)8(4)19(14)25/h6,10-11H,5H2,1-4H3,(H,20,21)(H2,16,17,22,23,24). The van der Waals surface area contributed by atoms with Crippen molar-refractivity contribution in [3.05, 3.63) is 22.4 Å². The molecule has 0 aromatic carbocycles. The summed E-state index contributed by atoms with van der Waals surface area (Å²) in [6.07, 6.45) is 0. The predicted molar refractivity (Wildman–Crippen MR) is 83.3 cm³/mol. The van der Waals surface area contributed by atoms with Crippen molar-refractivity contribution in [2.24, 2.45) is 11.8 Å². The van der Waals surface area contributed by atoms with Gasteiger partial charge in [-0.3, -0.25) is 20.2 Å². The zero-order valence-corrected chi connectivity index (χ0v) is 14.3. The first-order valence-corrected chi connectivity index (χ1v) is 7.72. The predicted octanol–water partition coefficient (Wildman–Crippen LogP) is -0.455. The molecule has 10 nitrogen and oxygen atoms in total. The van der Waals surface area contributed by atoms with Crippen molar-refractivity contribution in [3.63, 3.8) is 0 Å². The number of carboxylic acid groups (broad SMARTS) is 1. The number of barbiturate groups is 1. The van der Waals surface area contributed by atoms with E-state index in [2.05, 4.69) is 0 Å². The van der Waals surface area contributed by atoms with Gasteiger partial charge in [-0.05, 0) is 5.92 Å². The molecule has 0 radical (unpaired) electrons. The van der Waals surface area contributed by atoms with Gasteiger partial charge in [0, 0.05) is 13.8 Å². The first kappa shape index (κ1) is 18.4. The number of aromatic nitrogens is 2. The van der Waals surface area contributed by atoms with Gasteiger partial charge in [0.2, 0.25) is 11.8 Å². The van der Waals surface area contributed by atoms with E-state index in [1.165, 1.54) is 11.5 Å². The van der Waals surface area contributed by atoms with Crippen molar-refractivity contribution in [2.75, 3.05) is 0 Å². The van der Waals surface area contributed by atoms with Crippen molar-refractivity contribution in [2.45, 2.75) is 40.2 Å². The maximum Gasteiger partial charge on any atom is 0.346 e. The van der Waals surface area contributed by atoms with Gasteiger partial charge in [0.15, 0.2) is 6.54 Å². The lowest BCUT2D eigenvalue weighted by Gasteiger charge is -2.29. The maximum atomic E-state index is 12.6. The van der Waals surface area contributed by atoms with Gasteiger partial charge in [-0.2, -0.15) is 0 Å². The minimum Gasteiger partial charge on any atom is -0.711 e. The van der Waals surface area contributed by atoms with Gasteiger partial charge in [0.25, 0.3) is 5.82 Å². The number of hydrogen-bond acceptors (Lipinski definition) is 5. The molecule has 1 unspecified atom stereocenters. The number of urea groups is 1. The second kappa shape index (κ2) is 6.54. The molecule has 1 aliphatic heterocycles. The van der Waals surface area contributed by atoms with E-state index < -0.39 is 42.2 Å². The van der Waals surface area contributed by atoms with Crippen LogP contribution in [0.2, 0.25) is 0 Å². The Hall–Kier alpha value is -2.91. The summed E-state index contributed by atoms with van der Waals surface area (Å²) in [6, 6.07) is -0.919. The monoisotopic (exact) mass is 352 g/mol. The molecule has 0 saturated carbocycles. The van der Waals surface area contributed by atoms with Crippen LogP contribution in [0.3, 0.4) is 0 Å². The van der Waals surface area contributed by atoms with Crippen LogP contribution in [0, 0.1) is 30.9 Å². The summed E-state index contributed by atoms with van der Waals surface area (Å²) in [4.78, 5) is 47.0. The molecule has 1 aromatic heterocycles. The van der Waals surface area contributed by atoms with Crippen LogP contribution in [0.4, 0.5) is 4.79 Å². The average Bonchev–Trinajstić information content (AvgIpc) is 2.67. The molecule has 25 heavy (non-hydrogen) atoms. The van der Waals surface area contributed by atoms with Gasteiger partial charge in [-0.1, -0.05) is 13.8 Å².